The zero-order valence-corrected chi connectivity index (χ0v) is 11.4. The minimum Gasteiger partial charge on any atom is -0.326 e. The summed E-state index contributed by atoms with van der Waals surface area (Å²) in [6, 6.07) is 11.2. The molecule has 1 N–H and O–H groups in total. The quantitative estimate of drug-likeness (QED) is 0.925. The van der Waals surface area contributed by atoms with Crippen molar-refractivity contribution in [1.82, 2.24) is 4.98 Å². The number of rotatable bonds is 4. The fourth-order valence-corrected chi connectivity index (χ4v) is 2.03. The molecule has 0 aliphatic rings. The first-order valence-electron chi connectivity index (χ1n) is 6.11. The highest BCUT2D eigenvalue weighted by molar-refractivity contribution is 6.31. The van der Waals surface area contributed by atoms with E-state index >= 15 is 0 Å². The topological polar surface area (TPSA) is 42.0 Å². The molecule has 4 heteroatoms. The highest BCUT2D eigenvalue weighted by atomic mass is 35.5. The van der Waals surface area contributed by atoms with Crippen molar-refractivity contribution < 1.29 is 4.79 Å². The normalized spacial score (nSPS) is 10.2. The summed E-state index contributed by atoms with van der Waals surface area (Å²) in [7, 11) is 0. The summed E-state index contributed by atoms with van der Waals surface area (Å²) in [5.41, 5.74) is 2.64. The Kier molecular flexibility index (Phi) is 4.53. The molecule has 0 aliphatic carbocycles. The van der Waals surface area contributed by atoms with Crippen LogP contribution in [0.4, 0.5) is 5.69 Å². The lowest BCUT2D eigenvalue weighted by atomic mass is 10.1. The molecule has 1 heterocycles. The number of nitrogens with zero attached hydrogens (tertiary/aromatic N) is 1. The number of benzene rings is 1. The fraction of sp³-hybridized carbons (Fsp3) is 0.200. The predicted octanol–water partition coefficient (Wildman–Crippen LogP) is 3.61. The smallest absolute Gasteiger partial charge is 0.224 e. The zero-order chi connectivity index (χ0) is 13.7. The second-order valence-corrected chi connectivity index (χ2v) is 4.73. The Morgan fingerprint density at radius 3 is 2.84 bits per heavy atom. The summed E-state index contributed by atoms with van der Waals surface area (Å²) in [5, 5.41) is 3.55. The van der Waals surface area contributed by atoms with E-state index in [1.54, 1.807) is 12.3 Å². The third-order valence-corrected chi connectivity index (χ3v) is 3.13. The van der Waals surface area contributed by atoms with Crippen LogP contribution < -0.4 is 5.32 Å². The third kappa shape index (κ3) is 4.07. The van der Waals surface area contributed by atoms with Crippen LogP contribution in [0.2, 0.25) is 5.02 Å². The molecule has 0 bridgehead atoms. The van der Waals surface area contributed by atoms with Gasteiger partial charge in [-0.05, 0) is 37.1 Å². The van der Waals surface area contributed by atoms with Crippen LogP contribution in [0.15, 0.2) is 42.6 Å². The lowest BCUT2D eigenvalue weighted by molar-refractivity contribution is -0.116. The van der Waals surface area contributed by atoms with E-state index in [1.165, 1.54) is 0 Å². The first-order chi connectivity index (χ1) is 9.15. The summed E-state index contributed by atoms with van der Waals surface area (Å²) in [6.45, 7) is 1.89. The number of nitrogens with one attached hydrogen (secondary N) is 1. The molecule has 2 rings (SSSR count). The van der Waals surface area contributed by atoms with Crippen LogP contribution in [0.25, 0.3) is 0 Å². The van der Waals surface area contributed by atoms with E-state index in [0.29, 0.717) is 17.9 Å². The second kappa shape index (κ2) is 6.34. The van der Waals surface area contributed by atoms with E-state index in [9.17, 15) is 4.79 Å². The molecular weight excluding hydrogens is 260 g/mol. The molecule has 1 amide bonds. The highest BCUT2D eigenvalue weighted by Crippen LogP contribution is 2.17. The van der Waals surface area contributed by atoms with E-state index < -0.39 is 0 Å². The number of hydrogen-bond acceptors (Lipinski definition) is 2. The molecule has 0 spiro atoms. The predicted molar refractivity (Wildman–Crippen MR) is 77.4 cm³/mol. The Labute approximate surface area is 117 Å². The largest absolute Gasteiger partial charge is 0.326 e. The molecule has 0 aliphatic heterocycles. The van der Waals surface area contributed by atoms with Crippen LogP contribution in [-0.2, 0) is 11.2 Å². The van der Waals surface area contributed by atoms with Crippen molar-refractivity contribution in [1.29, 1.82) is 0 Å². The average Bonchev–Trinajstić information content (AvgIpc) is 2.38. The molecule has 1 aromatic carbocycles. The molecule has 0 unspecified atom stereocenters. The van der Waals surface area contributed by atoms with Crippen molar-refractivity contribution in [2.75, 3.05) is 5.32 Å². The SMILES string of the molecule is Cc1cc(NC(=O)CCc2ccccc2Cl)ccn1. The Hall–Kier alpha value is -1.87. The summed E-state index contributed by atoms with van der Waals surface area (Å²) in [5.74, 6) is -0.0227. The molecular formula is C15H15ClN2O. The zero-order valence-electron chi connectivity index (χ0n) is 10.7. The summed E-state index contributed by atoms with van der Waals surface area (Å²) >= 11 is 6.05. The van der Waals surface area contributed by atoms with Gasteiger partial charge >= 0.3 is 0 Å². The van der Waals surface area contributed by atoms with Crippen LogP contribution in [-0.4, -0.2) is 10.9 Å². The Morgan fingerprint density at radius 1 is 1.32 bits per heavy atom. The number of carbonyl (C=O) groups is 1. The second-order valence-electron chi connectivity index (χ2n) is 4.33. The Morgan fingerprint density at radius 2 is 2.11 bits per heavy atom. The minimum atomic E-state index is -0.0227. The molecule has 2 aromatic rings. The number of pyridine rings is 1. The van der Waals surface area contributed by atoms with Gasteiger partial charge in [0.1, 0.15) is 0 Å². The van der Waals surface area contributed by atoms with Gasteiger partial charge in [-0.15, -0.1) is 0 Å². The van der Waals surface area contributed by atoms with Gasteiger partial charge in [-0.1, -0.05) is 29.8 Å². The molecule has 0 fully saturated rings. The molecule has 1 aromatic heterocycles. The van der Waals surface area contributed by atoms with E-state index in [1.807, 2.05) is 37.3 Å². The third-order valence-electron chi connectivity index (χ3n) is 2.76. The van der Waals surface area contributed by atoms with E-state index in [4.69, 9.17) is 11.6 Å². The molecule has 0 atom stereocenters. The molecule has 98 valence electrons. The van der Waals surface area contributed by atoms with Gasteiger partial charge in [-0.2, -0.15) is 0 Å². The standard InChI is InChI=1S/C15H15ClN2O/c1-11-10-13(8-9-17-11)18-15(19)7-6-12-4-2-3-5-14(12)16/h2-5,8-10H,6-7H2,1H3,(H,17,18,19). The first-order valence-corrected chi connectivity index (χ1v) is 6.49. The lowest BCUT2D eigenvalue weighted by Crippen LogP contribution is -2.12. The summed E-state index contributed by atoms with van der Waals surface area (Å²) in [6.07, 6.45) is 2.72. The highest BCUT2D eigenvalue weighted by Gasteiger charge is 2.05. The number of aromatic nitrogens is 1. The van der Waals surface area contributed by atoms with Gasteiger partial charge in [-0.25, -0.2) is 0 Å². The van der Waals surface area contributed by atoms with Gasteiger partial charge in [0.25, 0.3) is 0 Å². The van der Waals surface area contributed by atoms with Crippen molar-refractivity contribution in [2.24, 2.45) is 0 Å². The van der Waals surface area contributed by atoms with Crippen LogP contribution in [0.3, 0.4) is 0 Å². The maximum atomic E-state index is 11.8. The fourth-order valence-electron chi connectivity index (χ4n) is 1.80. The Balaban J connectivity index is 1.90. The number of halogens is 1. The average molecular weight is 275 g/mol. The van der Waals surface area contributed by atoms with Crippen molar-refractivity contribution in [3.63, 3.8) is 0 Å². The van der Waals surface area contributed by atoms with Gasteiger partial charge in [-0.3, -0.25) is 9.78 Å². The Bertz CT molecular complexity index is 584. The van der Waals surface area contributed by atoms with Crippen molar-refractivity contribution >= 4 is 23.2 Å². The van der Waals surface area contributed by atoms with Gasteiger partial charge < -0.3 is 5.32 Å². The van der Waals surface area contributed by atoms with Crippen LogP contribution in [0, 0.1) is 6.92 Å². The van der Waals surface area contributed by atoms with Crippen LogP contribution >= 0.6 is 11.6 Å². The van der Waals surface area contributed by atoms with Crippen LogP contribution in [0.1, 0.15) is 17.7 Å². The maximum Gasteiger partial charge on any atom is 0.224 e. The number of carbonyl (C=O) groups excluding carboxylic acids is 1. The number of aryl methyl sites for hydroxylation is 2. The van der Waals surface area contributed by atoms with Crippen molar-refractivity contribution in [3.05, 3.63) is 58.9 Å². The first kappa shape index (κ1) is 13.6. The summed E-state index contributed by atoms with van der Waals surface area (Å²) in [4.78, 5) is 15.9. The molecule has 19 heavy (non-hydrogen) atoms. The van der Waals surface area contributed by atoms with Gasteiger partial charge in [0.15, 0.2) is 0 Å². The van der Waals surface area contributed by atoms with E-state index in [2.05, 4.69) is 10.3 Å². The lowest BCUT2D eigenvalue weighted by Gasteiger charge is -2.06. The molecule has 0 saturated heterocycles. The molecule has 3 nitrogen and oxygen atoms in total. The molecule has 0 radical (unpaired) electrons. The van der Waals surface area contributed by atoms with Gasteiger partial charge in [0, 0.05) is 29.0 Å². The monoisotopic (exact) mass is 274 g/mol. The van der Waals surface area contributed by atoms with Crippen molar-refractivity contribution in [3.8, 4) is 0 Å². The van der Waals surface area contributed by atoms with Crippen LogP contribution in [0.5, 0.6) is 0 Å². The van der Waals surface area contributed by atoms with E-state index in [0.717, 1.165) is 16.9 Å². The van der Waals surface area contributed by atoms with Crippen molar-refractivity contribution in [2.45, 2.75) is 19.8 Å². The number of amides is 1. The van der Waals surface area contributed by atoms with Gasteiger partial charge in [0.2, 0.25) is 5.91 Å². The van der Waals surface area contributed by atoms with Gasteiger partial charge in [0.05, 0.1) is 0 Å². The molecule has 0 saturated carbocycles. The maximum absolute atomic E-state index is 11.8. The number of anilines is 1. The van der Waals surface area contributed by atoms with E-state index in [-0.39, 0.29) is 5.91 Å². The minimum absolute atomic E-state index is 0.0227. The number of hydrogen-bond donors (Lipinski definition) is 1. The summed E-state index contributed by atoms with van der Waals surface area (Å²) < 4.78 is 0.